The molecular formula is C21H26N4O2. The highest BCUT2D eigenvalue weighted by molar-refractivity contribution is 6.06. The fraction of sp³-hybridized carbons (Fsp3) is 0.476. The number of carbonyl (C=O) groups excluding carboxylic acids is 2. The number of para-hydroxylation sites is 1. The summed E-state index contributed by atoms with van der Waals surface area (Å²) in [5.74, 6) is 0.109. The third-order valence-electron chi connectivity index (χ3n) is 5.30. The van der Waals surface area contributed by atoms with Crippen molar-refractivity contribution >= 4 is 17.5 Å². The van der Waals surface area contributed by atoms with E-state index < -0.39 is 0 Å². The van der Waals surface area contributed by atoms with Crippen LogP contribution in [-0.4, -0.2) is 34.0 Å². The van der Waals surface area contributed by atoms with Crippen LogP contribution in [0.2, 0.25) is 0 Å². The molecule has 0 saturated heterocycles. The molecule has 2 aromatic rings. The molecule has 0 atom stereocenters. The standard InChI is InChI=1S/C21H26N4O2/c1-14(2)22-20(26)18-17-11-5-6-12-24(17)19(23-18)21(27)25-13-7-9-15-8-3-4-10-16(15)25/h3-4,8,10,14H,5-7,9,11-13H2,1-2H3,(H,22,26). The molecule has 1 N–H and O–H groups in total. The van der Waals surface area contributed by atoms with Crippen molar-refractivity contribution in [1.82, 2.24) is 14.9 Å². The SMILES string of the molecule is CC(C)NC(=O)c1nc(C(=O)N2CCCc3ccccc32)n2c1CCCC2. The highest BCUT2D eigenvalue weighted by Crippen LogP contribution is 2.29. The lowest BCUT2D eigenvalue weighted by Crippen LogP contribution is -2.37. The molecule has 3 heterocycles. The molecule has 142 valence electrons. The molecule has 0 aliphatic carbocycles. The number of carbonyl (C=O) groups is 2. The number of anilines is 1. The van der Waals surface area contributed by atoms with Crippen LogP contribution in [0.3, 0.4) is 0 Å². The maximum Gasteiger partial charge on any atom is 0.294 e. The predicted molar refractivity (Wildman–Crippen MR) is 104 cm³/mol. The minimum absolute atomic E-state index is 0.0339. The third kappa shape index (κ3) is 3.24. The summed E-state index contributed by atoms with van der Waals surface area (Å²) in [6, 6.07) is 8.09. The highest BCUT2D eigenvalue weighted by atomic mass is 16.2. The normalized spacial score (nSPS) is 16.0. The summed E-state index contributed by atoms with van der Waals surface area (Å²) >= 11 is 0. The van der Waals surface area contributed by atoms with Gasteiger partial charge in [0, 0.05) is 24.8 Å². The average Bonchev–Trinajstić information content (AvgIpc) is 3.06. The molecule has 0 bridgehead atoms. The van der Waals surface area contributed by atoms with Gasteiger partial charge >= 0.3 is 0 Å². The van der Waals surface area contributed by atoms with Crippen molar-refractivity contribution < 1.29 is 9.59 Å². The summed E-state index contributed by atoms with van der Waals surface area (Å²) in [5.41, 5.74) is 3.47. The van der Waals surface area contributed by atoms with Crippen LogP contribution >= 0.6 is 0 Å². The van der Waals surface area contributed by atoms with E-state index in [4.69, 9.17) is 0 Å². The number of rotatable bonds is 3. The number of hydrogen-bond donors (Lipinski definition) is 1. The molecule has 0 radical (unpaired) electrons. The molecule has 2 aliphatic heterocycles. The first-order valence-electron chi connectivity index (χ1n) is 9.86. The zero-order valence-electron chi connectivity index (χ0n) is 16.0. The quantitative estimate of drug-likeness (QED) is 0.908. The Morgan fingerprint density at radius 3 is 2.70 bits per heavy atom. The minimum atomic E-state index is -0.186. The van der Waals surface area contributed by atoms with E-state index in [9.17, 15) is 9.59 Å². The zero-order chi connectivity index (χ0) is 19.0. The van der Waals surface area contributed by atoms with Crippen LogP contribution < -0.4 is 10.2 Å². The summed E-state index contributed by atoms with van der Waals surface area (Å²) in [4.78, 5) is 32.4. The monoisotopic (exact) mass is 366 g/mol. The van der Waals surface area contributed by atoms with Crippen molar-refractivity contribution in [2.75, 3.05) is 11.4 Å². The van der Waals surface area contributed by atoms with E-state index in [1.807, 2.05) is 41.5 Å². The lowest BCUT2D eigenvalue weighted by Gasteiger charge is -2.29. The highest BCUT2D eigenvalue weighted by Gasteiger charge is 2.32. The molecule has 1 aromatic heterocycles. The van der Waals surface area contributed by atoms with Gasteiger partial charge in [0.25, 0.3) is 11.8 Å². The Morgan fingerprint density at radius 2 is 1.89 bits per heavy atom. The molecule has 4 rings (SSSR count). The molecule has 6 heteroatoms. The smallest absolute Gasteiger partial charge is 0.294 e. The van der Waals surface area contributed by atoms with Gasteiger partial charge in [0.1, 0.15) is 5.69 Å². The van der Waals surface area contributed by atoms with Gasteiger partial charge in [0.15, 0.2) is 0 Å². The number of hydrogen-bond acceptors (Lipinski definition) is 3. The number of aryl methyl sites for hydroxylation is 1. The first-order valence-corrected chi connectivity index (χ1v) is 9.86. The second-order valence-corrected chi connectivity index (χ2v) is 7.66. The maximum absolute atomic E-state index is 13.4. The summed E-state index contributed by atoms with van der Waals surface area (Å²) in [5, 5.41) is 2.92. The molecule has 6 nitrogen and oxygen atoms in total. The van der Waals surface area contributed by atoms with Gasteiger partial charge in [0.2, 0.25) is 5.82 Å². The second-order valence-electron chi connectivity index (χ2n) is 7.66. The van der Waals surface area contributed by atoms with Crippen molar-refractivity contribution in [2.24, 2.45) is 0 Å². The average molecular weight is 366 g/mol. The van der Waals surface area contributed by atoms with Crippen molar-refractivity contribution in [3.8, 4) is 0 Å². The van der Waals surface area contributed by atoms with Gasteiger partial charge in [-0.25, -0.2) is 4.98 Å². The van der Waals surface area contributed by atoms with Gasteiger partial charge < -0.3 is 14.8 Å². The first-order chi connectivity index (χ1) is 13.1. The van der Waals surface area contributed by atoms with Crippen molar-refractivity contribution in [3.05, 3.63) is 47.0 Å². The molecule has 0 fully saturated rings. The number of imidazole rings is 1. The number of nitrogens with one attached hydrogen (secondary N) is 1. The van der Waals surface area contributed by atoms with Gasteiger partial charge in [-0.1, -0.05) is 18.2 Å². The van der Waals surface area contributed by atoms with Crippen molar-refractivity contribution in [1.29, 1.82) is 0 Å². The molecule has 0 saturated carbocycles. The lowest BCUT2D eigenvalue weighted by molar-refractivity contribution is 0.0937. The van der Waals surface area contributed by atoms with Crippen LogP contribution in [-0.2, 0) is 19.4 Å². The molecule has 0 spiro atoms. The van der Waals surface area contributed by atoms with Crippen molar-refractivity contribution in [3.63, 3.8) is 0 Å². The van der Waals surface area contributed by atoms with Crippen LogP contribution in [0, 0.1) is 0 Å². The van der Waals surface area contributed by atoms with Gasteiger partial charge in [-0.15, -0.1) is 0 Å². The molecule has 0 unspecified atom stereocenters. The van der Waals surface area contributed by atoms with Crippen molar-refractivity contribution in [2.45, 2.75) is 58.5 Å². The predicted octanol–water partition coefficient (Wildman–Crippen LogP) is 2.95. The van der Waals surface area contributed by atoms with E-state index in [0.29, 0.717) is 18.1 Å². The van der Waals surface area contributed by atoms with E-state index in [1.165, 1.54) is 5.56 Å². The molecule has 27 heavy (non-hydrogen) atoms. The van der Waals surface area contributed by atoms with E-state index in [-0.39, 0.29) is 17.9 Å². The lowest BCUT2D eigenvalue weighted by atomic mass is 10.0. The Bertz CT molecular complexity index is 884. The van der Waals surface area contributed by atoms with E-state index in [1.54, 1.807) is 0 Å². The van der Waals surface area contributed by atoms with Crippen LogP contribution in [0.4, 0.5) is 5.69 Å². The van der Waals surface area contributed by atoms with Crippen LogP contribution in [0.5, 0.6) is 0 Å². The Kier molecular flexibility index (Phi) is 4.72. The number of amides is 2. The molecule has 1 aromatic carbocycles. The topological polar surface area (TPSA) is 67.2 Å². The van der Waals surface area contributed by atoms with Gasteiger partial charge in [-0.2, -0.15) is 0 Å². The largest absolute Gasteiger partial charge is 0.348 e. The van der Waals surface area contributed by atoms with Crippen LogP contribution in [0.15, 0.2) is 24.3 Å². The van der Waals surface area contributed by atoms with Gasteiger partial charge in [-0.3, -0.25) is 9.59 Å². The Morgan fingerprint density at radius 1 is 1.07 bits per heavy atom. The fourth-order valence-electron chi connectivity index (χ4n) is 4.08. The van der Waals surface area contributed by atoms with E-state index in [0.717, 1.165) is 50.0 Å². The Balaban J connectivity index is 1.73. The number of aromatic nitrogens is 2. The zero-order valence-corrected chi connectivity index (χ0v) is 16.0. The number of fused-ring (bicyclic) bond motifs is 2. The minimum Gasteiger partial charge on any atom is -0.348 e. The number of benzene rings is 1. The van der Waals surface area contributed by atoms with Gasteiger partial charge in [-0.05, 0) is 57.6 Å². The van der Waals surface area contributed by atoms with Crippen LogP contribution in [0.25, 0.3) is 0 Å². The van der Waals surface area contributed by atoms with Crippen LogP contribution in [0.1, 0.15) is 65.5 Å². The van der Waals surface area contributed by atoms with E-state index >= 15 is 0 Å². The molecule has 2 aliphatic rings. The first kappa shape index (κ1) is 17.8. The summed E-state index contributed by atoms with van der Waals surface area (Å²) in [6.07, 6.45) is 4.75. The Hall–Kier alpha value is -2.63. The summed E-state index contributed by atoms with van der Waals surface area (Å²) in [6.45, 7) is 5.29. The van der Waals surface area contributed by atoms with Gasteiger partial charge in [0.05, 0.1) is 5.69 Å². The Labute approximate surface area is 159 Å². The molecular weight excluding hydrogens is 340 g/mol. The maximum atomic E-state index is 13.4. The fourth-order valence-corrected chi connectivity index (χ4v) is 4.08. The summed E-state index contributed by atoms with van der Waals surface area (Å²) < 4.78 is 1.97. The number of nitrogens with zero attached hydrogens (tertiary/aromatic N) is 3. The summed E-state index contributed by atoms with van der Waals surface area (Å²) in [7, 11) is 0. The third-order valence-corrected chi connectivity index (χ3v) is 5.30. The van der Waals surface area contributed by atoms with E-state index in [2.05, 4.69) is 16.4 Å². The molecule has 2 amide bonds. The second kappa shape index (κ2) is 7.18.